The van der Waals surface area contributed by atoms with Crippen LogP contribution in [0.1, 0.15) is 64.7 Å². The van der Waals surface area contributed by atoms with Gasteiger partial charge in [0.2, 0.25) is 15.9 Å². The van der Waals surface area contributed by atoms with Gasteiger partial charge in [-0.05, 0) is 69.3 Å². The summed E-state index contributed by atoms with van der Waals surface area (Å²) in [5.41, 5.74) is 0.959. The lowest BCUT2D eigenvalue weighted by molar-refractivity contribution is -0.121. The minimum Gasteiger partial charge on any atom is -0.356 e. The van der Waals surface area contributed by atoms with E-state index < -0.39 is 10.0 Å². The lowest BCUT2D eigenvalue weighted by Gasteiger charge is -2.35. The molecule has 0 bridgehead atoms. The van der Waals surface area contributed by atoms with Crippen molar-refractivity contribution >= 4 is 26.8 Å². The topological polar surface area (TPSA) is 74.6 Å². The monoisotopic (exact) mass is 488 g/mol. The quantitative estimate of drug-likeness (QED) is 0.514. The third-order valence-corrected chi connectivity index (χ3v) is 9.33. The Kier molecular flexibility index (Phi) is 8.66. The number of rotatable bonds is 10. The van der Waals surface area contributed by atoms with Gasteiger partial charge in [0.15, 0.2) is 0 Å². The third-order valence-electron chi connectivity index (χ3n) is 7.44. The summed E-state index contributed by atoms with van der Waals surface area (Å²) in [5.74, 6) is 0.0665. The van der Waals surface area contributed by atoms with E-state index in [2.05, 4.69) is 17.1 Å². The maximum Gasteiger partial charge on any atom is 0.243 e. The second-order valence-electron chi connectivity index (χ2n) is 9.74. The van der Waals surface area contributed by atoms with Crippen molar-refractivity contribution in [1.29, 1.82) is 0 Å². The first-order valence-electron chi connectivity index (χ1n) is 13.1. The van der Waals surface area contributed by atoms with E-state index in [4.69, 9.17) is 0 Å². The Balaban J connectivity index is 1.26. The molecular formula is C26H40N4O3S. The molecule has 8 heteroatoms. The molecule has 4 rings (SSSR count). The average Bonchev–Trinajstić information content (AvgIpc) is 3.28. The number of carbonyl (C=O) groups is 1. The van der Waals surface area contributed by atoms with Gasteiger partial charge in [0.1, 0.15) is 0 Å². The van der Waals surface area contributed by atoms with Gasteiger partial charge in [-0.25, -0.2) is 8.42 Å². The molecule has 188 valence electrons. The van der Waals surface area contributed by atoms with Crippen LogP contribution in [0, 0.1) is 0 Å². The molecule has 0 saturated carbocycles. The highest BCUT2D eigenvalue weighted by molar-refractivity contribution is 7.89. The summed E-state index contributed by atoms with van der Waals surface area (Å²) in [7, 11) is -3.44. The number of amides is 1. The van der Waals surface area contributed by atoms with E-state index >= 15 is 0 Å². The number of nitrogens with one attached hydrogen (secondary N) is 1. The molecule has 2 aromatic rings. The largest absolute Gasteiger partial charge is 0.356 e. The second kappa shape index (κ2) is 11.7. The average molecular weight is 489 g/mol. The normalized spacial score (nSPS) is 20.6. The third kappa shape index (κ3) is 6.01. The predicted octanol–water partition coefficient (Wildman–Crippen LogP) is 3.98. The number of hydrogen-bond acceptors (Lipinski definition) is 4. The SMILES string of the molecule is CC[C@@H]1CCCCN1CCCNC(=O)CCn1ccc2cc(S(=O)(=O)N3CCCCC3)ccc21. The van der Waals surface area contributed by atoms with Gasteiger partial charge in [-0.3, -0.25) is 4.79 Å². The van der Waals surface area contributed by atoms with Gasteiger partial charge in [0, 0.05) is 62.3 Å². The number of benzene rings is 1. The van der Waals surface area contributed by atoms with Gasteiger partial charge in [0.05, 0.1) is 4.90 Å². The van der Waals surface area contributed by atoms with Crippen LogP contribution >= 0.6 is 0 Å². The standard InChI is InChI=1S/C26H40N4O3S/c1-2-23-9-4-7-15-28(23)16-8-14-27-26(31)13-20-29-19-12-22-21-24(10-11-25(22)29)34(32,33)30-17-5-3-6-18-30/h10-12,19,21,23H,2-9,13-18,20H2,1H3,(H,27,31)/t23-/m1/s1. The van der Waals surface area contributed by atoms with Crippen LogP contribution in [0.25, 0.3) is 10.9 Å². The van der Waals surface area contributed by atoms with Crippen molar-refractivity contribution in [2.75, 3.05) is 32.7 Å². The summed E-state index contributed by atoms with van der Waals surface area (Å²) in [6.45, 7) is 7.02. The van der Waals surface area contributed by atoms with Gasteiger partial charge >= 0.3 is 0 Å². The Morgan fingerprint density at radius 2 is 1.82 bits per heavy atom. The van der Waals surface area contributed by atoms with E-state index in [0.717, 1.165) is 49.7 Å². The number of sulfonamides is 1. The number of piperidine rings is 2. The van der Waals surface area contributed by atoms with Gasteiger partial charge in [-0.15, -0.1) is 0 Å². The summed E-state index contributed by atoms with van der Waals surface area (Å²) in [5, 5.41) is 3.96. The Morgan fingerprint density at radius 1 is 1.03 bits per heavy atom. The molecule has 1 aromatic heterocycles. The molecule has 0 radical (unpaired) electrons. The van der Waals surface area contributed by atoms with Crippen molar-refractivity contribution in [2.24, 2.45) is 0 Å². The molecule has 1 aromatic carbocycles. The number of hydrogen-bond donors (Lipinski definition) is 1. The Morgan fingerprint density at radius 3 is 2.62 bits per heavy atom. The summed E-state index contributed by atoms with van der Waals surface area (Å²) in [6, 6.07) is 7.98. The van der Waals surface area contributed by atoms with Crippen LogP contribution in [0.2, 0.25) is 0 Å². The van der Waals surface area contributed by atoms with Crippen molar-refractivity contribution in [2.45, 2.75) is 82.2 Å². The summed E-state index contributed by atoms with van der Waals surface area (Å²) < 4.78 is 29.6. The Bertz CT molecular complexity index is 1060. The molecule has 0 aliphatic carbocycles. The zero-order valence-corrected chi connectivity index (χ0v) is 21.4. The minimum absolute atomic E-state index is 0.0665. The minimum atomic E-state index is -3.44. The highest BCUT2D eigenvalue weighted by Gasteiger charge is 2.26. The lowest BCUT2D eigenvalue weighted by Crippen LogP contribution is -2.40. The van der Waals surface area contributed by atoms with Crippen LogP contribution in [0.15, 0.2) is 35.4 Å². The highest BCUT2D eigenvalue weighted by atomic mass is 32.2. The van der Waals surface area contributed by atoms with Crippen LogP contribution in [-0.4, -0.2) is 66.9 Å². The molecule has 2 aliphatic heterocycles. The molecule has 1 atom stereocenters. The van der Waals surface area contributed by atoms with Gasteiger partial charge in [-0.2, -0.15) is 4.31 Å². The molecule has 0 spiro atoms. The van der Waals surface area contributed by atoms with Gasteiger partial charge < -0.3 is 14.8 Å². The van der Waals surface area contributed by atoms with Gasteiger partial charge in [0.25, 0.3) is 0 Å². The van der Waals surface area contributed by atoms with Crippen molar-refractivity contribution in [3.63, 3.8) is 0 Å². The fraction of sp³-hybridized carbons (Fsp3) is 0.654. The molecule has 34 heavy (non-hydrogen) atoms. The van der Waals surface area contributed by atoms with Gasteiger partial charge in [-0.1, -0.05) is 19.8 Å². The lowest BCUT2D eigenvalue weighted by atomic mass is 10.00. The Hall–Kier alpha value is -1.90. The Labute approximate surface area is 204 Å². The van der Waals surface area contributed by atoms with E-state index in [-0.39, 0.29) is 5.91 Å². The summed E-state index contributed by atoms with van der Waals surface area (Å²) in [6.07, 6.45) is 11.4. The van der Waals surface area contributed by atoms with Crippen molar-refractivity contribution in [3.8, 4) is 0 Å². The predicted molar refractivity (Wildman–Crippen MR) is 136 cm³/mol. The molecule has 1 N–H and O–H groups in total. The molecule has 2 fully saturated rings. The van der Waals surface area contributed by atoms with E-state index in [0.29, 0.717) is 37.0 Å². The summed E-state index contributed by atoms with van der Waals surface area (Å²) in [4.78, 5) is 15.3. The molecule has 0 unspecified atom stereocenters. The van der Waals surface area contributed by atoms with Crippen molar-refractivity contribution < 1.29 is 13.2 Å². The first kappa shape index (κ1) is 25.2. The first-order valence-corrected chi connectivity index (χ1v) is 14.5. The van der Waals surface area contributed by atoms with Crippen LogP contribution < -0.4 is 5.32 Å². The number of aryl methyl sites for hydroxylation is 1. The molecule has 7 nitrogen and oxygen atoms in total. The van der Waals surface area contributed by atoms with Crippen LogP contribution in [0.4, 0.5) is 0 Å². The molecule has 2 aliphatic rings. The van der Waals surface area contributed by atoms with E-state index in [1.807, 2.05) is 22.9 Å². The fourth-order valence-corrected chi connectivity index (χ4v) is 6.98. The molecule has 1 amide bonds. The number of aromatic nitrogens is 1. The van der Waals surface area contributed by atoms with Crippen LogP contribution in [0.3, 0.4) is 0 Å². The van der Waals surface area contributed by atoms with E-state index in [9.17, 15) is 13.2 Å². The smallest absolute Gasteiger partial charge is 0.243 e. The maximum atomic E-state index is 13.0. The first-order chi connectivity index (χ1) is 16.5. The molecular weight excluding hydrogens is 448 g/mol. The summed E-state index contributed by atoms with van der Waals surface area (Å²) >= 11 is 0. The zero-order valence-electron chi connectivity index (χ0n) is 20.5. The van der Waals surface area contributed by atoms with Crippen LogP contribution in [-0.2, 0) is 21.4 Å². The zero-order chi connectivity index (χ0) is 24.0. The number of likely N-dealkylation sites (tertiary alicyclic amines) is 1. The van der Waals surface area contributed by atoms with E-state index in [1.165, 1.54) is 32.2 Å². The maximum absolute atomic E-state index is 13.0. The van der Waals surface area contributed by atoms with Crippen molar-refractivity contribution in [1.82, 2.24) is 19.1 Å². The number of carbonyl (C=O) groups excluding carboxylic acids is 1. The van der Waals surface area contributed by atoms with Crippen LogP contribution in [0.5, 0.6) is 0 Å². The number of nitrogens with zero attached hydrogens (tertiary/aromatic N) is 3. The molecule has 2 saturated heterocycles. The highest BCUT2D eigenvalue weighted by Crippen LogP contribution is 2.25. The molecule has 3 heterocycles. The number of fused-ring (bicyclic) bond motifs is 1. The second-order valence-corrected chi connectivity index (χ2v) is 11.7. The van der Waals surface area contributed by atoms with Crippen molar-refractivity contribution in [3.05, 3.63) is 30.5 Å². The van der Waals surface area contributed by atoms with E-state index in [1.54, 1.807) is 16.4 Å². The fourth-order valence-electron chi connectivity index (χ4n) is 5.43.